The van der Waals surface area contributed by atoms with Crippen LogP contribution in [0.1, 0.15) is 0 Å². The Kier molecular flexibility index (Phi) is 3.73. The Labute approximate surface area is 122 Å². The summed E-state index contributed by atoms with van der Waals surface area (Å²) in [5, 5.41) is 12.6. The SMILES string of the molecule is C=CCOc1ccccc1-c1nnn(-c2ccccc2)n1. The van der Waals surface area contributed by atoms with Crippen molar-refractivity contribution in [2.75, 3.05) is 6.61 Å². The van der Waals surface area contributed by atoms with E-state index in [0.29, 0.717) is 18.2 Å². The van der Waals surface area contributed by atoms with Gasteiger partial charge in [-0.05, 0) is 29.5 Å². The molecular formula is C16H14N4O. The molecule has 5 heteroatoms. The van der Waals surface area contributed by atoms with Gasteiger partial charge in [0.1, 0.15) is 12.4 Å². The second kappa shape index (κ2) is 6.00. The fraction of sp³-hybridized carbons (Fsp3) is 0.0625. The number of rotatable bonds is 5. The van der Waals surface area contributed by atoms with E-state index in [0.717, 1.165) is 11.3 Å². The van der Waals surface area contributed by atoms with E-state index in [4.69, 9.17) is 4.74 Å². The van der Waals surface area contributed by atoms with Gasteiger partial charge in [0.15, 0.2) is 0 Å². The van der Waals surface area contributed by atoms with Crippen LogP contribution in [-0.2, 0) is 0 Å². The highest BCUT2D eigenvalue weighted by molar-refractivity contribution is 5.63. The lowest BCUT2D eigenvalue weighted by molar-refractivity contribution is 0.364. The van der Waals surface area contributed by atoms with Crippen LogP contribution in [-0.4, -0.2) is 26.8 Å². The fourth-order valence-corrected chi connectivity index (χ4v) is 1.92. The van der Waals surface area contributed by atoms with Crippen LogP contribution in [0, 0.1) is 0 Å². The molecule has 2 aromatic carbocycles. The molecule has 0 saturated heterocycles. The molecule has 0 saturated carbocycles. The van der Waals surface area contributed by atoms with Crippen LogP contribution in [0.25, 0.3) is 17.1 Å². The first-order chi connectivity index (χ1) is 10.4. The molecule has 0 fully saturated rings. The normalized spacial score (nSPS) is 10.3. The number of hydrogen-bond acceptors (Lipinski definition) is 4. The molecule has 0 N–H and O–H groups in total. The summed E-state index contributed by atoms with van der Waals surface area (Å²) in [4.78, 5) is 1.50. The van der Waals surface area contributed by atoms with Crippen molar-refractivity contribution >= 4 is 0 Å². The molecule has 0 unspecified atom stereocenters. The average molecular weight is 278 g/mol. The summed E-state index contributed by atoms with van der Waals surface area (Å²) in [6, 6.07) is 17.3. The Morgan fingerprint density at radius 3 is 2.62 bits per heavy atom. The highest BCUT2D eigenvalue weighted by atomic mass is 16.5. The average Bonchev–Trinajstić information content (AvgIpc) is 3.04. The zero-order valence-electron chi connectivity index (χ0n) is 11.4. The van der Waals surface area contributed by atoms with E-state index in [1.807, 2.05) is 54.6 Å². The van der Waals surface area contributed by atoms with Gasteiger partial charge < -0.3 is 4.74 Å². The van der Waals surface area contributed by atoms with Gasteiger partial charge in [-0.1, -0.05) is 43.0 Å². The van der Waals surface area contributed by atoms with Gasteiger partial charge in [0, 0.05) is 0 Å². The van der Waals surface area contributed by atoms with Gasteiger partial charge in [0.05, 0.1) is 11.3 Å². The van der Waals surface area contributed by atoms with Crippen LogP contribution in [0.3, 0.4) is 0 Å². The standard InChI is InChI=1S/C16H14N4O/c1-2-12-21-15-11-7-6-10-14(15)16-17-19-20(18-16)13-8-4-3-5-9-13/h2-11H,1,12H2. The number of tetrazole rings is 1. The van der Waals surface area contributed by atoms with Gasteiger partial charge in [-0.2, -0.15) is 0 Å². The maximum atomic E-state index is 5.62. The van der Waals surface area contributed by atoms with Crippen molar-refractivity contribution in [3.8, 4) is 22.8 Å². The second-order valence-corrected chi connectivity index (χ2v) is 4.33. The van der Waals surface area contributed by atoms with Crippen LogP contribution < -0.4 is 4.74 Å². The van der Waals surface area contributed by atoms with E-state index in [-0.39, 0.29) is 0 Å². The summed E-state index contributed by atoms with van der Waals surface area (Å²) in [5.74, 6) is 1.24. The molecule has 3 aromatic rings. The maximum Gasteiger partial charge on any atom is 0.209 e. The van der Waals surface area contributed by atoms with Crippen LogP contribution in [0.15, 0.2) is 67.3 Å². The zero-order chi connectivity index (χ0) is 14.5. The van der Waals surface area contributed by atoms with Crippen LogP contribution in [0.5, 0.6) is 5.75 Å². The molecule has 0 aliphatic heterocycles. The Balaban J connectivity index is 1.95. The summed E-state index contributed by atoms with van der Waals surface area (Å²) in [7, 11) is 0. The summed E-state index contributed by atoms with van der Waals surface area (Å²) in [6.45, 7) is 4.08. The smallest absolute Gasteiger partial charge is 0.209 e. The first kappa shape index (κ1) is 13.1. The van der Waals surface area contributed by atoms with Gasteiger partial charge in [-0.25, -0.2) is 0 Å². The minimum absolute atomic E-state index is 0.434. The molecule has 5 nitrogen and oxygen atoms in total. The van der Waals surface area contributed by atoms with Crippen molar-refractivity contribution in [3.05, 3.63) is 67.3 Å². The van der Waals surface area contributed by atoms with Crippen molar-refractivity contribution in [3.63, 3.8) is 0 Å². The van der Waals surface area contributed by atoms with Crippen molar-refractivity contribution < 1.29 is 4.74 Å². The highest BCUT2D eigenvalue weighted by Crippen LogP contribution is 2.26. The largest absolute Gasteiger partial charge is 0.489 e. The lowest BCUT2D eigenvalue weighted by Crippen LogP contribution is -1.98. The monoisotopic (exact) mass is 278 g/mol. The number of nitrogens with zero attached hydrogens (tertiary/aromatic N) is 4. The van der Waals surface area contributed by atoms with Crippen molar-refractivity contribution in [1.29, 1.82) is 0 Å². The summed E-state index contributed by atoms with van der Waals surface area (Å²) < 4.78 is 5.62. The van der Waals surface area contributed by atoms with E-state index < -0.39 is 0 Å². The molecule has 0 bridgehead atoms. The van der Waals surface area contributed by atoms with E-state index in [2.05, 4.69) is 22.0 Å². The molecule has 0 radical (unpaired) electrons. The first-order valence-electron chi connectivity index (χ1n) is 6.57. The molecule has 0 aliphatic rings. The number of para-hydroxylation sites is 2. The van der Waals surface area contributed by atoms with Crippen LogP contribution >= 0.6 is 0 Å². The van der Waals surface area contributed by atoms with E-state index in [9.17, 15) is 0 Å². The molecule has 0 aliphatic carbocycles. The molecule has 104 valence electrons. The molecule has 0 spiro atoms. The molecule has 1 heterocycles. The van der Waals surface area contributed by atoms with Crippen LogP contribution in [0.2, 0.25) is 0 Å². The quantitative estimate of drug-likeness (QED) is 0.673. The van der Waals surface area contributed by atoms with E-state index in [1.54, 1.807) is 6.08 Å². The number of hydrogen-bond donors (Lipinski definition) is 0. The fourth-order valence-electron chi connectivity index (χ4n) is 1.92. The number of ether oxygens (including phenoxy) is 1. The van der Waals surface area contributed by atoms with Gasteiger partial charge in [-0.15, -0.1) is 15.0 Å². The summed E-state index contributed by atoms with van der Waals surface area (Å²) in [5.41, 5.74) is 1.67. The predicted octanol–water partition coefficient (Wildman–Crippen LogP) is 2.89. The Morgan fingerprint density at radius 1 is 1.05 bits per heavy atom. The Bertz CT molecular complexity index is 737. The maximum absolute atomic E-state index is 5.62. The molecular weight excluding hydrogens is 264 g/mol. The highest BCUT2D eigenvalue weighted by Gasteiger charge is 2.12. The molecule has 1 aromatic heterocycles. The topological polar surface area (TPSA) is 52.8 Å². The Hall–Kier alpha value is -2.95. The first-order valence-corrected chi connectivity index (χ1v) is 6.57. The van der Waals surface area contributed by atoms with Crippen molar-refractivity contribution in [2.24, 2.45) is 0 Å². The van der Waals surface area contributed by atoms with E-state index in [1.165, 1.54) is 4.80 Å². The van der Waals surface area contributed by atoms with E-state index >= 15 is 0 Å². The lowest BCUT2D eigenvalue weighted by atomic mass is 10.2. The minimum Gasteiger partial charge on any atom is -0.489 e. The number of benzene rings is 2. The van der Waals surface area contributed by atoms with Gasteiger partial charge >= 0.3 is 0 Å². The third-order valence-corrected chi connectivity index (χ3v) is 2.89. The predicted molar refractivity (Wildman–Crippen MR) is 80.3 cm³/mol. The summed E-state index contributed by atoms with van der Waals surface area (Å²) >= 11 is 0. The van der Waals surface area contributed by atoms with Gasteiger partial charge in [0.25, 0.3) is 0 Å². The van der Waals surface area contributed by atoms with Crippen molar-refractivity contribution in [2.45, 2.75) is 0 Å². The van der Waals surface area contributed by atoms with Crippen LogP contribution in [0.4, 0.5) is 0 Å². The molecule has 0 atom stereocenters. The molecule has 3 rings (SSSR count). The lowest BCUT2D eigenvalue weighted by Gasteiger charge is -2.06. The zero-order valence-corrected chi connectivity index (χ0v) is 11.4. The second-order valence-electron chi connectivity index (χ2n) is 4.33. The Morgan fingerprint density at radius 2 is 1.81 bits per heavy atom. The third-order valence-electron chi connectivity index (χ3n) is 2.89. The minimum atomic E-state index is 0.434. The van der Waals surface area contributed by atoms with Crippen molar-refractivity contribution in [1.82, 2.24) is 20.2 Å². The summed E-state index contributed by atoms with van der Waals surface area (Å²) in [6.07, 6.45) is 1.70. The molecule has 0 amide bonds. The molecule has 21 heavy (non-hydrogen) atoms. The number of aromatic nitrogens is 4. The third kappa shape index (κ3) is 2.81. The van der Waals surface area contributed by atoms with Gasteiger partial charge in [-0.3, -0.25) is 0 Å². The van der Waals surface area contributed by atoms with Gasteiger partial charge in [0.2, 0.25) is 5.82 Å².